The summed E-state index contributed by atoms with van der Waals surface area (Å²) in [6.45, 7) is 3.68. The lowest BCUT2D eigenvalue weighted by atomic mass is 9.78. The van der Waals surface area contributed by atoms with Gasteiger partial charge in [0.25, 0.3) is 0 Å². The maximum Gasteiger partial charge on any atom is 0.226 e. The molecule has 1 saturated heterocycles. The molecule has 6 heteroatoms. The minimum atomic E-state index is -0.232. The number of nitrogens with zero attached hydrogens (tertiary/aromatic N) is 4. The van der Waals surface area contributed by atoms with Crippen LogP contribution in [0.2, 0.25) is 0 Å². The predicted molar refractivity (Wildman–Crippen MR) is 115 cm³/mol. The van der Waals surface area contributed by atoms with Gasteiger partial charge in [-0.05, 0) is 43.4 Å². The van der Waals surface area contributed by atoms with Gasteiger partial charge in [-0.1, -0.05) is 18.2 Å². The van der Waals surface area contributed by atoms with Crippen LogP contribution < -0.4 is 0 Å². The lowest BCUT2D eigenvalue weighted by molar-refractivity contribution is -0.143. The number of amides is 1. The number of pyridine rings is 1. The third-order valence-electron chi connectivity index (χ3n) is 7.27. The highest BCUT2D eigenvalue weighted by atomic mass is 16.2. The van der Waals surface area contributed by atoms with Crippen molar-refractivity contribution in [3.63, 3.8) is 0 Å². The number of aromatic nitrogens is 3. The average molecular weight is 402 g/mol. The van der Waals surface area contributed by atoms with Gasteiger partial charge in [-0.25, -0.2) is 4.98 Å². The SMILES string of the molecule is O=C(C1CC1)N1CCc2[nH]cnc2C12CCN(Cc1ccnc3ccccc13)CC2. The van der Waals surface area contributed by atoms with E-state index in [1.54, 1.807) is 0 Å². The average Bonchev–Trinajstić information content (AvgIpc) is 3.52. The van der Waals surface area contributed by atoms with Crippen molar-refractivity contribution in [2.45, 2.75) is 44.2 Å². The van der Waals surface area contributed by atoms with Gasteiger partial charge in [0.05, 0.1) is 23.1 Å². The molecule has 2 aliphatic heterocycles. The molecule has 1 spiro atoms. The summed E-state index contributed by atoms with van der Waals surface area (Å²) < 4.78 is 0. The van der Waals surface area contributed by atoms with Crippen molar-refractivity contribution in [1.82, 2.24) is 24.8 Å². The second-order valence-electron chi connectivity index (χ2n) is 9.04. The Morgan fingerprint density at radius 3 is 2.77 bits per heavy atom. The molecule has 3 aromatic rings. The largest absolute Gasteiger partial charge is 0.348 e. The number of hydrogen-bond donors (Lipinski definition) is 1. The first kappa shape index (κ1) is 18.1. The molecule has 0 unspecified atom stereocenters. The Labute approximate surface area is 176 Å². The first-order valence-electron chi connectivity index (χ1n) is 11.1. The molecule has 0 atom stereocenters. The maximum atomic E-state index is 13.2. The van der Waals surface area contributed by atoms with Crippen LogP contribution >= 0.6 is 0 Å². The zero-order valence-electron chi connectivity index (χ0n) is 17.2. The van der Waals surface area contributed by atoms with Crippen LogP contribution in [0.4, 0.5) is 0 Å². The molecule has 1 N–H and O–H groups in total. The molecule has 154 valence electrons. The monoisotopic (exact) mass is 401 g/mol. The minimum Gasteiger partial charge on any atom is -0.348 e. The summed E-state index contributed by atoms with van der Waals surface area (Å²) >= 11 is 0. The molecule has 0 bridgehead atoms. The van der Waals surface area contributed by atoms with E-state index >= 15 is 0 Å². The molecule has 0 radical (unpaired) electrons. The highest BCUT2D eigenvalue weighted by Gasteiger charge is 2.50. The number of hydrogen-bond acceptors (Lipinski definition) is 4. The van der Waals surface area contributed by atoms with Crippen LogP contribution in [0.5, 0.6) is 0 Å². The Morgan fingerprint density at radius 2 is 1.93 bits per heavy atom. The Kier molecular flexibility index (Phi) is 4.16. The second kappa shape index (κ2) is 6.91. The van der Waals surface area contributed by atoms with Gasteiger partial charge < -0.3 is 9.88 Å². The molecule has 2 aromatic heterocycles. The number of imidazole rings is 1. The predicted octanol–water partition coefficient (Wildman–Crippen LogP) is 3.24. The number of H-pyrrole nitrogens is 1. The van der Waals surface area contributed by atoms with Crippen molar-refractivity contribution in [3.05, 3.63) is 59.8 Å². The number of fused-ring (bicyclic) bond motifs is 3. The lowest BCUT2D eigenvalue weighted by Crippen LogP contribution is -2.58. The van der Waals surface area contributed by atoms with Crippen molar-refractivity contribution in [2.75, 3.05) is 19.6 Å². The van der Waals surface area contributed by atoms with Crippen LogP contribution in [0.3, 0.4) is 0 Å². The van der Waals surface area contributed by atoms with Crippen molar-refractivity contribution in [3.8, 4) is 0 Å². The van der Waals surface area contributed by atoms with E-state index < -0.39 is 0 Å². The Hall–Kier alpha value is -2.73. The molecule has 6 rings (SSSR count). The van der Waals surface area contributed by atoms with E-state index in [1.807, 2.05) is 18.6 Å². The quantitative estimate of drug-likeness (QED) is 0.732. The van der Waals surface area contributed by atoms with E-state index in [-0.39, 0.29) is 11.5 Å². The van der Waals surface area contributed by atoms with Crippen LogP contribution in [0.1, 0.15) is 42.6 Å². The molecule has 1 saturated carbocycles. The summed E-state index contributed by atoms with van der Waals surface area (Å²) in [5, 5.41) is 1.23. The third kappa shape index (κ3) is 2.85. The fourth-order valence-corrected chi connectivity index (χ4v) is 5.47. The van der Waals surface area contributed by atoms with Gasteiger partial charge in [0.1, 0.15) is 0 Å². The van der Waals surface area contributed by atoms with Crippen molar-refractivity contribution in [2.24, 2.45) is 5.92 Å². The van der Waals surface area contributed by atoms with Gasteiger partial charge >= 0.3 is 0 Å². The first-order valence-corrected chi connectivity index (χ1v) is 11.1. The van der Waals surface area contributed by atoms with Crippen molar-refractivity contribution in [1.29, 1.82) is 0 Å². The number of piperidine rings is 1. The number of para-hydroxylation sites is 1. The van der Waals surface area contributed by atoms with Crippen LogP contribution in [0.25, 0.3) is 10.9 Å². The molecule has 30 heavy (non-hydrogen) atoms. The highest BCUT2D eigenvalue weighted by Crippen LogP contribution is 2.45. The van der Waals surface area contributed by atoms with Crippen LogP contribution in [-0.4, -0.2) is 50.3 Å². The van der Waals surface area contributed by atoms with Crippen LogP contribution in [0, 0.1) is 5.92 Å². The molecule has 6 nitrogen and oxygen atoms in total. The summed E-state index contributed by atoms with van der Waals surface area (Å²) in [5.74, 6) is 0.612. The molecule has 2 fully saturated rings. The number of nitrogens with one attached hydrogen (secondary N) is 1. The highest BCUT2D eigenvalue weighted by molar-refractivity contribution is 5.82. The fourth-order valence-electron chi connectivity index (χ4n) is 5.47. The normalized spacial score (nSPS) is 21.1. The summed E-state index contributed by atoms with van der Waals surface area (Å²) in [4.78, 5) is 30.4. The van der Waals surface area contributed by atoms with Gasteiger partial charge in [-0.2, -0.15) is 0 Å². The van der Waals surface area contributed by atoms with Gasteiger partial charge in [-0.15, -0.1) is 0 Å². The Morgan fingerprint density at radius 1 is 1.10 bits per heavy atom. The van der Waals surface area contributed by atoms with Gasteiger partial charge in [0, 0.05) is 55.8 Å². The lowest BCUT2D eigenvalue weighted by Gasteiger charge is -2.50. The smallest absolute Gasteiger partial charge is 0.226 e. The number of aromatic amines is 1. The van der Waals surface area contributed by atoms with E-state index in [0.717, 1.165) is 69.5 Å². The molecular weight excluding hydrogens is 374 g/mol. The second-order valence-corrected chi connectivity index (χ2v) is 9.04. The number of likely N-dealkylation sites (tertiary alicyclic amines) is 1. The third-order valence-corrected chi connectivity index (χ3v) is 7.27. The number of benzene rings is 1. The van der Waals surface area contributed by atoms with Gasteiger partial charge in [0.2, 0.25) is 5.91 Å². The standard InChI is InChI=1S/C24H27N5O/c30-23(17-5-6-17)29-12-8-21-22(27-16-26-21)24(29)9-13-28(14-10-24)15-18-7-11-25-20-4-2-1-3-19(18)20/h1-4,7,11,16-17H,5-6,8-10,12-15H2,(H,26,27). The Balaban J connectivity index is 1.26. The van der Waals surface area contributed by atoms with Crippen LogP contribution in [0.15, 0.2) is 42.9 Å². The molecule has 3 aliphatic rings. The number of rotatable bonds is 3. The summed E-state index contributed by atoms with van der Waals surface area (Å²) in [7, 11) is 0. The van der Waals surface area contributed by atoms with Crippen molar-refractivity contribution >= 4 is 16.8 Å². The molecule has 4 heterocycles. The van der Waals surface area contributed by atoms with Gasteiger partial charge in [-0.3, -0.25) is 14.7 Å². The molecule has 1 aromatic carbocycles. The first-order chi connectivity index (χ1) is 14.7. The molecule has 1 aliphatic carbocycles. The van der Waals surface area contributed by atoms with Gasteiger partial charge in [0.15, 0.2) is 0 Å². The summed E-state index contributed by atoms with van der Waals surface area (Å²) in [6.07, 6.45) is 8.63. The topological polar surface area (TPSA) is 65.1 Å². The molecular formula is C24H27N5O. The molecule has 1 amide bonds. The van der Waals surface area contributed by atoms with E-state index in [2.05, 4.69) is 44.0 Å². The van der Waals surface area contributed by atoms with E-state index in [1.165, 1.54) is 16.6 Å². The van der Waals surface area contributed by atoms with E-state index in [9.17, 15) is 4.79 Å². The number of carbonyl (C=O) groups excluding carboxylic acids is 1. The summed E-state index contributed by atoms with van der Waals surface area (Å²) in [5.41, 5.74) is 4.49. The Bertz CT molecular complexity index is 1090. The van der Waals surface area contributed by atoms with E-state index in [0.29, 0.717) is 5.91 Å². The summed E-state index contributed by atoms with van der Waals surface area (Å²) in [6, 6.07) is 10.5. The fraction of sp³-hybridized carbons (Fsp3) is 0.458. The van der Waals surface area contributed by atoms with E-state index in [4.69, 9.17) is 4.98 Å². The number of carbonyl (C=O) groups is 1. The minimum absolute atomic E-state index is 0.232. The van der Waals surface area contributed by atoms with Crippen LogP contribution in [-0.2, 0) is 23.3 Å². The zero-order valence-corrected chi connectivity index (χ0v) is 17.2. The maximum absolute atomic E-state index is 13.2. The van der Waals surface area contributed by atoms with Crippen molar-refractivity contribution < 1.29 is 4.79 Å². The zero-order chi connectivity index (χ0) is 20.1.